The lowest BCUT2D eigenvalue weighted by Gasteiger charge is -2.33. The predicted octanol–water partition coefficient (Wildman–Crippen LogP) is 2.04. The molecule has 0 spiro atoms. The lowest BCUT2D eigenvalue weighted by molar-refractivity contribution is -0.153. The molecule has 0 heterocycles. The zero-order valence-electron chi connectivity index (χ0n) is 14.6. The number of amides is 4. The van der Waals surface area contributed by atoms with Gasteiger partial charge in [-0.25, -0.2) is 4.79 Å². The largest absolute Gasteiger partial charge is 0.350 e. The fraction of sp³-hybridized carbons (Fsp3) is 0.800. The van der Waals surface area contributed by atoms with Crippen molar-refractivity contribution in [1.82, 2.24) is 15.7 Å². The molecule has 22 heavy (non-hydrogen) atoms. The first-order chi connectivity index (χ1) is 9.79. The number of hydroxylamine groups is 2. The predicted molar refractivity (Wildman–Crippen MR) is 83.2 cm³/mol. The zero-order valence-corrected chi connectivity index (χ0v) is 14.6. The molecule has 3 N–H and O–H groups in total. The number of nitrogens with one attached hydrogen (secondary N) is 2. The molecule has 1 unspecified atom stereocenters. The first-order valence-corrected chi connectivity index (χ1v) is 7.44. The number of rotatable bonds is 4. The molecular formula is C15H29N3O4. The van der Waals surface area contributed by atoms with Crippen LogP contribution < -0.4 is 10.6 Å². The van der Waals surface area contributed by atoms with Gasteiger partial charge in [-0.05, 0) is 32.6 Å². The SMILES string of the molecule is CCCC(=O)N(O)C(=O)NC(C(=O)NC(C)(C)C)C(C)(C)C. The van der Waals surface area contributed by atoms with Crippen LogP contribution in [-0.2, 0) is 9.59 Å². The van der Waals surface area contributed by atoms with Crippen LogP contribution in [0.4, 0.5) is 4.79 Å². The van der Waals surface area contributed by atoms with E-state index in [0.717, 1.165) is 0 Å². The Morgan fingerprint density at radius 1 is 1.09 bits per heavy atom. The van der Waals surface area contributed by atoms with Crippen LogP contribution in [0.25, 0.3) is 0 Å². The highest BCUT2D eigenvalue weighted by Gasteiger charge is 2.36. The normalized spacial score (nSPS) is 13.3. The summed E-state index contributed by atoms with van der Waals surface area (Å²) in [5.74, 6) is -1.08. The Morgan fingerprint density at radius 3 is 1.95 bits per heavy atom. The van der Waals surface area contributed by atoms with E-state index < -0.39 is 28.9 Å². The summed E-state index contributed by atoms with van der Waals surface area (Å²) >= 11 is 0. The van der Waals surface area contributed by atoms with E-state index in [1.54, 1.807) is 27.7 Å². The van der Waals surface area contributed by atoms with Crippen LogP contribution in [0.2, 0.25) is 0 Å². The molecule has 0 saturated carbocycles. The van der Waals surface area contributed by atoms with Crippen molar-refractivity contribution in [3.05, 3.63) is 0 Å². The van der Waals surface area contributed by atoms with Crippen LogP contribution in [0.15, 0.2) is 0 Å². The zero-order chi connectivity index (χ0) is 17.7. The maximum atomic E-state index is 12.3. The Bertz CT molecular complexity index is 421. The van der Waals surface area contributed by atoms with E-state index in [-0.39, 0.29) is 17.4 Å². The number of imide groups is 1. The van der Waals surface area contributed by atoms with Crippen LogP contribution in [0, 0.1) is 5.41 Å². The molecule has 1 atom stereocenters. The lowest BCUT2D eigenvalue weighted by Crippen LogP contribution is -2.59. The van der Waals surface area contributed by atoms with Gasteiger partial charge in [0.2, 0.25) is 5.91 Å². The van der Waals surface area contributed by atoms with Crippen molar-refractivity contribution in [2.75, 3.05) is 0 Å². The first kappa shape index (κ1) is 20.4. The highest BCUT2D eigenvalue weighted by atomic mass is 16.5. The molecule has 0 radical (unpaired) electrons. The second-order valence-corrected chi connectivity index (χ2v) is 7.44. The van der Waals surface area contributed by atoms with Crippen molar-refractivity contribution in [1.29, 1.82) is 0 Å². The van der Waals surface area contributed by atoms with Crippen LogP contribution in [-0.4, -0.2) is 39.7 Å². The minimum atomic E-state index is -0.998. The van der Waals surface area contributed by atoms with Gasteiger partial charge in [0.25, 0.3) is 5.91 Å². The van der Waals surface area contributed by atoms with E-state index in [1.807, 2.05) is 20.8 Å². The Balaban J connectivity index is 5.06. The number of carbonyl (C=O) groups excluding carboxylic acids is 3. The highest BCUT2D eigenvalue weighted by molar-refractivity contribution is 5.95. The van der Waals surface area contributed by atoms with E-state index in [4.69, 9.17) is 0 Å². The fourth-order valence-corrected chi connectivity index (χ4v) is 1.73. The van der Waals surface area contributed by atoms with Gasteiger partial charge in [0.1, 0.15) is 6.04 Å². The molecule has 0 aromatic rings. The monoisotopic (exact) mass is 315 g/mol. The summed E-state index contributed by atoms with van der Waals surface area (Å²) in [6, 6.07) is -1.88. The minimum Gasteiger partial charge on any atom is -0.350 e. The second-order valence-electron chi connectivity index (χ2n) is 7.44. The topological polar surface area (TPSA) is 98.7 Å². The minimum absolute atomic E-state index is 0.0343. The van der Waals surface area contributed by atoms with E-state index in [1.165, 1.54) is 0 Å². The second kappa shape index (κ2) is 7.58. The van der Waals surface area contributed by atoms with Gasteiger partial charge in [0.15, 0.2) is 0 Å². The third-order valence-electron chi connectivity index (χ3n) is 2.79. The van der Waals surface area contributed by atoms with E-state index in [9.17, 15) is 19.6 Å². The number of urea groups is 1. The average Bonchev–Trinajstić information content (AvgIpc) is 2.31. The van der Waals surface area contributed by atoms with Gasteiger partial charge in [-0.1, -0.05) is 27.7 Å². The van der Waals surface area contributed by atoms with Crippen molar-refractivity contribution < 1.29 is 19.6 Å². The fourth-order valence-electron chi connectivity index (χ4n) is 1.73. The van der Waals surface area contributed by atoms with Crippen LogP contribution in [0.1, 0.15) is 61.3 Å². The summed E-state index contributed by atoms with van der Waals surface area (Å²) in [5, 5.41) is 14.8. The molecule has 0 aromatic carbocycles. The van der Waals surface area contributed by atoms with Crippen molar-refractivity contribution in [2.45, 2.75) is 72.9 Å². The van der Waals surface area contributed by atoms with Gasteiger partial charge in [-0.15, -0.1) is 5.06 Å². The summed E-state index contributed by atoms with van der Waals surface area (Å²) < 4.78 is 0. The van der Waals surface area contributed by atoms with Crippen molar-refractivity contribution >= 4 is 17.8 Å². The highest BCUT2D eigenvalue weighted by Crippen LogP contribution is 2.20. The van der Waals surface area contributed by atoms with E-state index in [2.05, 4.69) is 10.6 Å². The third kappa shape index (κ3) is 6.89. The smallest absolute Gasteiger partial charge is 0.349 e. The first-order valence-electron chi connectivity index (χ1n) is 7.44. The summed E-state index contributed by atoms with van der Waals surface area (Å²) in [7, 11) is 0. The molecule has 0 saturated heterocycles. The van der Waals surface area contributed by atoms with Crippen LogP contribution in [0.5, 0.6) is 0 Å². The third-order valence-corrected chi connectivity index (χ3v) is 2.79. The van der Waals surface area contributed by atoms with Gasteiger partial charge < -0.3 is 10.6 Å². The summed E-state index contributed by atoms with van der Waals surface area (Å²) in [4.78, 5) is 35.8. The number of carbonyl (C=O) groups is 3. The Kier molecular flexibility index (Phi) is 7.02. The maximum Gasteiger partial charge on any atom is 0.349 e. The molecular weight excluding hydrogens is 286 g/mol. The standard InChI is InChI=1S/C15H29N3O4/c1-8-9-10(19)18(22)13(21)16-11(14(2,3)4)12(20)17-15(5,6)7/h11,22H,8-9H2,1-7H3,(H,16,21)(H,17,20). The number of nitrogens with zero attached hydrogens (tertiary/aromatic N) is 1. The molecule has 0 aliphatic carbocycles. The number of hydrogen-bond donors (Lipinski definition) is 3. The quantitative estimate of drug-likeness (QED) is 0.546. The molecule has 128 valence electrons. The molecule has 0 rings (SSSR count). The van der Waals surface area contributed by atoms with Crippen LogP contribution in [0.3, 0.4) is 0 Å². The van der Waals surface area contributed by atoms with Gasteiger partial charge >= 0.3 is 6.03 Å². The molecule has 0 fully saturated rings. The molecule has 7 heteroatoms. The lowest BCUT2D eigenvalue weighted by atomic mass is 9.85. The molecule has 0 aliphatic heterocycles. The maximum absolute atomic E-state index is 12.3. The van der Waals surface area contributed by atoms with Gasteiger partial charge in [-0.3, -0.25) is 14.8 Å². The van der Waals surface area contributed by atoms with Crippen molar-refractivity contribution in [2.24, 2.45) is 5.41 Å². The summed E-state index contributed by atoms with van der Waals surface area (Å²) in [6.45, 7) is 12.6. The van der Waals surface area contributed by atoms with Crippen molar-refractivity contribution in [3.8, 4) is 0 Å². The summed E-state index contributed by atoms with van der Waals surface area (Å²) in [5.41, 5.74) is -1.04. The van der Waals surface area contributed by atoms with Crippen LogP contribution >= 0.6 is 0 Å². The Labute approximate surface area is 132 Å². The Morgan fingerprint density at radius 2 is 1.59 bits per heavy atom. The molecule has 0 bridgehead atoms. The van der Waals surface area contributed by atoms with Gasteiger partial charge in [0.05, 0.1) is 0 Å². The molecule has 0 aliphatic rings. The van der Waals surface area contributed by atoms with E-state index >= 15 is 0 Å². The van der Waals surface area contributed by atoms with Crippen molar-refractivity contribution in [3.63, 3.8) is 0 Å². The molecule has 7 nitrogen and oxygen atoms in total. The van der Waals surface area contributed by atoms with Gasteiger partial charge in [-0.2, -0.15) is 0 Å². The summed E-state index contributed by atoms with van der Waals surface area (Å²) in [6.07, 6.45) is 0.564. The Hall–Kier alpha value is -1.63. The molecule has 4 amide bonds. The van der Waals surface area contributed by atoms with E-state index in [0.29, 0.717) is 6.42 Å². The van der Waals surface area contributed by atoms with Gasteiger partial charge in [0, 0.05) is 12.0 Å². The average molecular weight is 315 g/mol. The molecule has 0 aromatic heterocycles. The number of hydrogen-bond acceptors (Lipinski definition) is 4.